The zero-order chi connectivity index (χ0) is 20.4. The predicted molar refractivity (Wildman–Crippen MR) is 113 cm³/mol. The zero-order valence-corrected chi connectivity index (χ0v) is 17.5. The molecule has 9 heteroatoms. The number of ether oxygens (including phenoxy) is 1. The lowest BCUT2D eigenvalue weighted by atomic mass is 10.2. The van der Waals surface area contributed by atoms with Gasteiger partial charge in [-0.25, -0.2) is 9.97 Å². The Morgan fingerprint density at radius 3 is 2.83 bits per heavy atom. The molecule has 7 nitrogen and oxygen atoms in total. The molecule has 0 saturated carbocycles. The third-order valence-corrected chi connectivity index (χ3v) is 5.80. The number of carbonyl (C=O) groups excluding carboxylic acids is 2. The van der Waals surface area contributed by atoms with Crippen LogP contribution in [0.5, 0.6) is 0 Å². The summed E-state index contributed by atoms with van der Waals surface area (Å²) in [6.07, 6.45) is 3.82. The van der Waals surface area contributed by atoms with Gasteiger partial charge in [0.15, 0.2) is 10.1 Å². The SMILES string of the molecule is CC(=O)N(c1cccc(C)c1)c1nc(COC(=O)Cc2cn3ccsc3n2)cs1. The molecule has 4 rings (SSSR count). The maximum Gasteiger partial charge on any atom is 0.312 e. The van der Waals surface area contributed by atoms with E-state index < -0.39 is 0 Å². The fraction of sp³-hybridized carbons (Fsp3) is 0.200. The molecule has 0 atom stereocenters. The van der Waals surface area contributed by atoms with Gasteiger partial charge in [-0.2, -0.15) is 0 Å². The van der Waals surface area contributed by atoms with Gasteiger partial charge in [0.05, 0.1) is 23.5 Å². The Labute approximate surface area is 175 Å². The van der Waals surface area contributed by atoms with Crippen LogP contribution < -0.4 is 4.90 Å². The summed E-state index contributed by atoms with van der Waals surface area (Å²) in [5.74, 6) is -0.499. The van der Waals surface area contributed by atoms with E-state index in [4.69, 9.17) is 4.74 Å². The van der Waals surface area contributed by atoms with Crippen LogP contribution in [0.15, 0.2) is 47.4 Å². The highest BCUT2D eigenvalue weighted by Gasteiger charge is 2.18. The number of thiazole rings is 2. The number of hydrogen-bond acceptors (Lipinski definition) is 7. The van der Waals surface area contributed by atoms with E-state index in [0.717, 1.165) is 16.2 Å². The Morgan fingerprint density at radius 1 is 1.21 bits per heavy atom. The minimum absolute atomic E-state index is 0.0527. The number of benzene rings is 1. The molecule has 0 N–H and O–H groups in total. The minimum atomic E-state index is -0.368. The highest BCUT2D eigenvalue weighted by molar-refractivity contribution is 7.15. The number of fused-ring (bicyclic) bond motifs is 1. The third kappa shape index (κ3) is 4.36. The first kappa shape index (κ1) is 19.3. The fourth-order valence-corrected chi connectivity index (χ4v) is 4.46. The molecule has 0 aliphatic heterocycles. The molecule has 0 spiro atoms. The number of hydrogen-bond donors (Lipinski definition) is 0. The topological polar surface area (TPSA) is 76.8 Å². The predicted octanol–water partition coefficient (Wildman–Crippen LogP) is 4.13. The molecule has 3 heterocycles. The first-order valence-corrected chi connectivity index (χ1v) is 10.6. The van der Waals surface area contributed by atoms with Crippen molar-refractivity contribution in [3.63, 3.8) is 0 Å². The summed E-state index contributed by atoms with van der Waals surface area (Å²) in [5.41, 5.74) is 3.08. The quantitative estimate of drug-likeness (QED) is 0.433. The van der Waals surface area contributed by atoms with E-state index in [0.29, 0.717) is 16.5 Å². The lowest BCUT2D eigenvalue weighted by molar-refractivity contribution is -0.144. The monoisotopic (exact) mass is 426 g/mol. The van der Waals surface area contributed by atoms with Gasteiger partial charge in [0.2, 0.25) is 5.91 Å². The van der Waals surface area contributed by atoms with Crippen molar-refractivity contribution >= 4 is 50.3 Å². The largest absolute Gasteiger partial charge is 0.459 e. The molecule has 0 unspecified atom stereocenters. The number of amides is 1. The summed E-state index contributed by atoms with van der Waals surface area (Å²) in [5, 5.41) is 4.27. The molecule has 0 radical (unpaired) electrons. The smallest absolute Gasteiger partial charge is 0.312 e. The molecule has 3 aromatic heterocycles. The van der Waals surface area contributed by atoms with Crippen LogP contribution in [0, 0.1) is 6.92 Å². The van der Waals surface area contributed by atoms with Gasteiger partial charge in [0, 0.05) is 30.1 Å². The number of esters is 1. The first-order valence-electron chi connectivity index (χ1n) is 8.88. The van der Waals surface area contributed by atoms with Crippen molar-refractivity contribution in [2.75, 3.05) is 4.90 Å². The van der Waals surface area contributed by atoms with Gasteiger partial charge in [-0.05, 0) is 24.6 Å². The molecule has 148 valence electrons. The standard InChI is InChI=1S/C20H18N4O3S2/c1-13-4-3-5-17(8-13)24(14(2)25)20-22-16(12-29-20)11-27-18(26)9-15-10-23-6-7-28-19(23)21-15/h3-8,10,12H,9,11H2,1-2H3. The van der Waals surface area contributed by atoms with Crippen molar-refractivity contribution in [1.82, 2.24) is 14.4 Å². The summed E-state index contributed by atoms with van der Waals surface area (Å²) < 4.78 is 7.22. The van der Waals surface area contributed by atoms with E-state index in [9.17, 15) is 9.59 Å². The van der Waals surface area contributed by atoms with Gasteiger partial charge >= 0.3 is 5.97 Å². The van der Waals surface area contributed by atoms with Gasteiger partial charge < -0.3 is 4.74 Å². The lowest BCUT2D eigenvalue weighted by Crippen LogP contribution is -2.22. The fourth-order valence-electron chi connectivity index (χ4n) is 2.87. The van der Waals surface area contributed by atoms with Crippen molar-refractivity contribution in [2.45, 2.75) is 26.9 Å². The number of nitrogens with zero attached hydrogens (tertiary/aromatic N) is 4. The second-order valence-corrected chi connectivity index (χ2v) is 8.19. The Bertz CT molecular complexity index is 1150. The van der Waals surface area contributed by atoms with Crippen LogP contribution in [0.25, 0.3) is 4.96 Å². The Kier molecular flexibility index (Phi) is 5.41. The van der Waals surface area contributed by atoms with E-state index in [1.165, 1.54) is 29.6 Å². The van der Waals surface area contributed by atoms with Crippen LogP contribution in [0.3, 0.4) is 0 Å². The van der Waals surface area contributed by atoms with E-state index in [2.05, 4.69) is 9.97 Å². The van der Waals surface area contributed by atoms with Gasteiger partial charge in [-0.1, -0.05) is 12.1 Å². The van der Waals surface area contributed by atoms with Gasteiger partial charge in [-0.15, -0.1) is 22.7 Å². The van der Waals surface area contributed by atoms with E-state index in [1.54, 1.807) is 10.3 Å². The van der Waals surface area contributed by atoms with Gasteiger partial charge in [0.25, 0.3) is 0 Å². The highest BCUT2D eigenvalue weighted by atomic mass is 32.1. The van der Waals surface area contributed by atoms with E-state index in [1.807, 2.05) is 53.4 Å². The van der Waals surface area contributed by atoms with Crippen molar-refractivity contribution < 1.29 is 14.3 Å². The Morgan fingerprint density at radius 2 is 2.07 bits per heavy atom. The average molecular weight is 427 g/mol. The summed E-state index contributed by atoms with van der Waals surface area (Å²) in [4.78, 5) is 35.6. The maximum atomic E-state index is 12.2. The average Bonchev–Trinajstić information content (AvgIpc) is 3.36. The normalized spacial score (nSPS) is 11.0. The maximum absolute atomic E-state index is 12.2. The first-order chi connectivity index (χ1) is 14.0. The van der Waals surface area contributed by atoms with Crippen LogP contribution in [0.4, 0.5) is 10.8 Å². The zero-order valence-electron chi connectivity index (χ0n) is 15.9. The van der Waals surface area contributed by atoms with E-state index >= 15 is 0 Å². The van der Waals surface area contributed by atoms with Crippen molar-refractivity contribution in [3.8, 4) is 0 Å². The molecular weight excluding hydrogens is 408 g/mol. The number of aromatic nitrogens is 3. The summed E-state index contributed by atoms with van der Waals surface area (Å²) >= 11 is 2.85. The molecule has 0 aliphatic rings. The number of imidazole rings is 1. The molecule has 1 amide bonds. The van der Waals surface area contributed by atoms with E-state index in [-0.39, 0.29) is 24.9 Å². The number of aryl methyl sites for hydroxylation is 1. The van der Waals surface area contributed by atoms with Crippen molar-refractivity contribution in [1.29, 1.82) is 0 Å². The van der Waals surface area contributed by atoms with Crippen LogP contribution >= 0.6 is 22.7 Å². The van der Waals surface area contributed by atoms with Gasteiger partial charge in [-0.3, -0.25) is 18.9 Å². The minimum Gasteiger partial charge on any atom is -0.459 e. The Balaban J connectivity index is 1.40. The summed E-state index contributed by atoms with van der Waals surface area (Å²) in [6, 6.07) is 7.67. The summed E-state index contributed by atoms with van der Waals surface area (Å²) in [6.45, 7) is 3.52. The molecule has 0 fully saturated rings. The molecule has 4 aromatic rings. The molecule has 1 aromatic carbocycles. The molecule has 0 bridgehead atoms. The third-order valence-electron chi connectivity index (χ3n) is 4.16. The van der Waals surface area contributed by atoms with Crippen LogP contribution in [-0.4, -0.2) is 26.2 Å². The van der Waals surface area contributed by atoms with Gasteiger partial charge in [0.1, 0.15) is 6.61 Å². The van der Waals surface area contributed by atoms with Crippen molar-refractivity contribution in [2.24, 2.45) is 0 Å². The van der Waals surface area contributed by atoms with Crippen LogP contribution in [0.2, 0.25) is 0 Å². The second-order valence-electron chi connectivity index (χ2n) is 6.48. The number of carbonyl (C=O) groups is 2. The highest BCUT2D eigenvalue weighted by Crippen LogP contribution is 2.29. The second kappa shape index (κ2) is 8.14. The van der Waals surface area contributed by atoms with Crippen LogP contribution in [0.1, 0.15) is 23.9 Å². The molecule has 0 saturated heterocycles. The Hall–Kier alpha value is -3.04. The number of rotatable bonds is 6. The lowest BCUT2D eigenvalue weighted by Gasteiger charge is -2.18. The molecule has 29 heavy (non-hydrogen) atoms. The summed E-state index contributed by atoms with van der Waals surface area (Å²) in [7, 11) is 0. The molecular formula is C20H18N4O3S2. The van der Waals surface area contributed by atoms with Crippen LogP contribution in [-0.2, 0) is 27.4 Å². The molecule has 0 aliphatic carbocycles. The van der Waals surface area contributed by atoms with Crippen molar-refractivity contribution in [3.05, 3.63) is 64.4 Å². The number of anilines is 2.